The summed E-state index contributed by atoms with van der Waals surface area (Å²) in [4.78, 5) is 0. The van der Waals surface area contributed by atoms with Crippen molar-refractivity contribution in [2.24, 2.45) is 0 Å². The van der Waals surface area contributed by atoms with Crippen molar-refractivity contribution in [1.29, 1.82) is 0 Å². The Labute approximate surface area is 102 Å². The molecule has 0 spiro atoms. The number of aryl methyl sites for hydroxylation is 1. The molecule has 92 valence electrons. The number of aromatic nitrogens is 1. The van der Waals surface area contributed by atoms with Gasteiger partial charge < -0.3 is 14.0 Å². The van der Waals surface area contributed by atoms with E-state index in [4.69, 9.17) is 9.47 Å². The van der Waals surface area contributed by atoms with Gasteiger partial charge in [0.25, 0.3) is 0 Å². The average molecular weight is 233 g/mol. The van der Waals surface area contributed by atoms with Crippen LogP contribution >= 0.6 is 0 Å². The van der Waals surface area contributed by atoms with E-state index < -0.39 is 0 Å². The standard InChI is InChI=1S/C14H19NO2/c1-12-4-3-5-14-13(12)6-7-15(14)8-9-17-11-10-16-2/h3-7H,8-11H2,1-2H3. The van der Waals surface area contributed by atoms with Crippen molar-refractivity contribution < 1.29 is 9.47 Å². The normalized spacial score (nSPS) is 11.2. The zero-order valence-electron chi connectivity index (χ0n) is 10.5. The summed E-state index contributed by atoms with van der Waals surface area (Å²) in [6.07, 6.45) is 2.12. The van der Waals surface area contributed by atoms with Gasteiger partial charge in [-0.3, -0.25) is 0 Å². The lowest BCUT2D eigenvalue weighted by Gasteiger charge is -2.07. The van der Waals surface area contributed by atoms with Crippen LogP contribution in [-0.2, 0) is 16.0 Å². The Morgan fingerprint density at radius 1 is 1.12 bits per heavy atom. The highest BCUT2D eigenvalue weighted by molar-refractivity contribution is 5.83. The van der Waals surface area contributed by atoms with Gasteiger partial charge in [0.05, 0.1) is 19.8 Å². The Hall–Kier alpha value is -1.32. The minimum atomic E-state index is 0.658. The molecule has 2 rings (SSSR count). The Morgan fingerprint density at radius 2 is 2.00 bits per heavy atom. The van der Waals surface area contributed by atoms with Gasteiger partial charge >= 0.3 is 0 Å². The first-order valence-corrected chi connectivity index (χ1v) is 5.94. The maximum atomic E-state index is 5.48. The van der Waals surface area contributed by atoms with Gasteiger partial charge in [-0.25, -0.2) is 0 Å². The number of fused-ring (bicyclic) bond motifs is 1. The van der Waals surface area contributed by atoms with Crippen LogP contribution < -0.4 is 0 Å². The minimum Gasteiger partial charge on any atom is -0.382 e. The van der Waals surface area contributed by atoms with E-state index in [2.05, 4.69) is 42.0 Å². The third-order valence-corrected chi connectivity index (χ3v) is 2.94. The number of rotatable bonds is 6. The maximum Gasteiger partial charge on any atom is 0.0701 e. The molecule has 2 aromatic rings. The molecule has 1 aromatic heterocycles. The van der Waals surface area contributed by atoms with E-state index in [1.807, 2.05) is 0 Å². The fourth-order valence-corrected chi connectivity index (χ4v) is 1.98. The molecular formula is C14H19NO2. The molecule has 0 unspecified atom stereocenters. The first-order valence-electron chi connectivity index (χ1n) is 5.94. The zero-order valence-corrected chi connectivity index (χ0v) is 10.5. The van der Waals surface area contributed by atoms with Crippen LogP contribution in [0.4, 0.5) is 0 Å². The molecule has 1 heterocycles. The van der Waals surface area contributed by atoms with Crippen LogP contribution in [0, 0.1) is 6.92 Å². The van der Waals surface area contributed by atoms with E-state index in [1.165, 1.54) is 16.5 Å². The summed E-state index contributed by atoms with van der Waals surface area (Å²) in [6.45, 7) is 5.07. The molecule has 3 nitrogen and oxygen atoms in total. The molecule has 0 fully saturated rings. The van der Waals surface area contributed by atoms with Gasteiger partial charge in [0.15, 0.2) is 0 Å². The number of ether oxygens (including phenoxy) is 2. The van der Waals surface area contributed by atoms with Gasteiger partial charge in [-0.2, -0.15) is 0 Å². The fraction of sp³-hybridized carbons (Fsp3) is 0.429. The fourth-order valence-electron chi connectivity index (χ4n) is 1.98. The van der Waals surface area contributed by atoms with E-state index in [9.17, 15) is 0 Å². The van der Waals surface area contributed by atoms with E-state index >= 15 is 0 Å². The molecule has 0 aliphatic rings. The van der Waals surface area contributed by atoms with E-state index in [0.717, 1.165) is 13.2 Å². The molecular weight excluding hydrogens is 214 g/mol. The number of methoxy groups -OCH3 is 1. The lowest BCUT2D eigenvalue weighted by Crippen LogP contribution is -2.08. The first-order chi connectivity index (χ1) is 8.33. The highest BCUT2D eigenvalue weighted by atomic mass is 16.5. The molecule has 1 aromatic carbocycles. The minimum absolute atomic E-state index is 0.658. The number of hydrogen-bond donors (Lipinski definition) is 0. The highest BCUT2D eigenvalue weighted by Gasteiger charge is 2.02. The Morgan fingerprint density at radius 3 is 2.82 bits per heavy atom. The second kappa shape index (κ2) is 5.84. The molecule has 0 amide bonds. The topological polar surface area (TPSA) is 23.4 Å². The van der Waals surface area contributed by atoms with Gasteiger partial charge in [-0.05, 0) is 24.6 Å². The smallest absolute Gasteiger partial charge is 0.0701 e. The van der Waals surface area contributed by atoms with Crippen molar-refractivity contribution in [3.05, 3.63) is 36.0 Å². The van der Waals surface area contributed by atoms with E-state index in [1.54, 1.807) is 7.11 Å². The van der Waals surface area contributed by atoms with E-state index in [-0.39, 0.29) is 0 Å². The van der Waals surface area contributed by atoms with Crippen LogP contribution in [-0.4, -0.2) is 31.5 Å². The highest BCUT2D eigenvalue weighted by Crippen LogP contribution is 2.19. The molecule has 3 heteroatoms. The zero-order chi connectivity index (χ0) is 12.1. The summed E-state index contributed by atoms with van der Waals surface area (Å²) >= 11 is 0. The first kappa shape index (κ1) is 12.1. The molecule has 0 aliphatic carbocycles. The summed E-state index contributed by atoms with van der Waals surface area (Å²) in [5, 5.41) is 1.32. The van der Waals surface area contributed by atoms with Gasteiger partial charge in [-0.15, -0.1) is 0 Å². The van der Waals surface area contributed by atoms with Gasteiger partial charge in [0, 0.05) is 30.8 Å². The molecule has 17 heavy (non-hydrogen) atoms. The Kier molecular flexibility index (Phi) is 4.18. The van der Waals surface area contributed by atoms with Crippen molar-refractivity contribution in [1.82, 2.24) is 4.57 Å². The Bertz CT molecular complexity index is 476. The van der Waals surface area contributed by atoms with Gasteiger partial charge in [0.2, 0.25) is 0 Å². The molecule has 0 N–H and O–H groups in total. The number of hydrogen-bond acceptors (Lipinski definition) is 2. The Balaban J connectivity index is 1.97. The monoisotopic (exact) mass is 233 g/mol. The van der Waals surface area contributed by atoms with Crippen LogP contribution in [0.25, 0.3) is 10.9 Å². The summed E-state index contributed by atoms with van der Waals surface area (Å²) in [7, 11) is 1.69. The lowest BCUT2D eigenvalue weighted by atomic mass is 10.1. The predicted octanol–water partition coefficient (Wildman–Crippen LogP) is 2.61. The van der Waals surface area contributed by atoms with Gasteiger partial charge in [-0.1, -0.05) is 12.1 Å². The van der Waals surface area contributed by atoms with Crippen molar-refractivity contribution >= 4 is 10.9 Å². The summed E-state index contributed by atoms with van der Waals surface area (Å²) in [6, 6.07) is 8.55. The van der Waals surface area contributed by atoms with Crippen molar-refractivity contribution in [3.63, 3.8) is 0 Å². The van der Waals surface area contributed by atoms with Crippen LogP contribution in [0.1, 0.15) is 5.56 Å². The van der Waals surface area contributed by atoms with Crippen LogP contribution in [0.3, 0.4) is 0 Å². The molecule has 0 aliphatic heterocycles. The van der Waals surface area contributed by atoms with Crippen LogP contribution in [0.5, 0.6) is 0 Å². The molecule has 0 bridgehead atoms. The predicted molar refractivity (Wildman–Crippen MR) is 69.4 cm³/mol. The van der Waals surface area contributed by atoms with E-state index in [0.29, 0.717) is 13.2 Å². The van der Waals surface area contributed by atoms with Gasteiger partial charge in [0.1, 0.15) is 0 Å². The average Bonchev–Trinajstić information content (AvgIpc) is 2.74. The van der Waals surface area contributed by atoms with Crippen LogP contribution in [0.2, 0.25) is 0 Å². The summed E-state index contributed by atoms with van der Waals surface area (Å²) < 4.78 is 12.6. The van der Waals surface area contributed by atoms with Crippen molar-refractivity contribution in [2.75, 3.05) is 26.9 Å². The SMILES string of the molecule is COCCOCCn1ccc2c(C)cccc21. The molecule has 0 radical (unpaired) electrons. The largest absolute Gasteiger partial charge is 0.382 e. The summed E-state index contributed by atoms with van der Waals surface area (Å²) in [5.41, 5.74) is 2.60. The maximum absolute atomic E-state index is 5.48. The third-order valence-electron chi connectivity index (χ3n) is 2.94. The van der Waals surface area contributed by atoms with Crippen LogP contribution in [0.15, 0.2) is 30.5 Å². The lowest BCUT2D eigenvalue weighted by molar-refractivity contribution is 0.0670. The quantitative estimate of drug-likeness (QED) is 0.716. The molecule has 0 atom stereocenters. The number of benzene rings is 1. The summed E-state index contributed by atoms with van der Waals surface area (Å²) in [5.74, 6) is 0. The second-order valence-corrected chi connectivity index (χ2v) is 4.12. The third kappa shape index (κ3) is 2.87. The van der Waals surface area contributed by atoms with Crippen molar-refractivity contribution in [3.8, 4) is 0 Å². The molecule has 0 saturated heterocycles. The number of nitrogens with zero attached hydrogens (tertiary/aromatic N) is 1. The second-order valence-electron chi connectivity index (χ2n) is 4.12. The van der Waals surface area contributed by atoms with Crippen molar-refractivity contribution in [2.45, 2.75) is 13.5 Å². The molecule has 0 saturated carbocycles.